The van der Waals surface area contributed by atoms with Crippen molar-refractivity contribution in [1.29, 1.82) is 0 Å². The van der Waals surface area contributed by atoms with Gasteiger partial charge in [-0.15, -0.1) is 0 Å². The quantitative estimate of drug-likeness (QED) is 0.222. The zero-order chi connectivity index (χ0) is 37.5. The third-order valence-electron chi connectivity index (χ3n) is 11.3. The zero-order valence-electron chi connectivity index (χ0n) is 29.7. The van der Waals surface area contributed by atoms with E-state index in [1.807, 2.05) is 29.2 Å². The lowest BCUT2D eigenvalue weighted by Gasteiger charge is -2.34. The third-order valence-corrected chi connectivity index (χ3v) is 11.6. The number of ether oxygens (including phenoxy) is 2. The Morgan fingerprint density at radius 3 is 1.96 bits per heavy atom. The number of nitrogens with one attached hydrogen (secondary N) is 1. The molecule has 1 atom stereocenters. The van der Waals surface area contributed by atoms with Crippen LogP contribution in [0.4, 0.5) is 5.69 Å². The standard InChI is InChI=1S/C41H40ClN5O7/c1-43-35-11-10-31(20-34(35)42)54-30-8-6-29(7-9-30)53-28-4-2-25(3-5-28)39(50)46-16-14-24(15-17-46)21-45-22-26-18-32-33(19-27(26)23-45)41(52)47(40(32)51)36-12-13-37(48)44-38(36)49/h2-5,10-11,18-20,24,29-30,36H,6-9,12-17,21-23H2,(H,44,48,49). The van der Waals surface area contributed by atoms with E-state index in [2.05, 4.69) is 15.1 Å². The Morgan fingerprint density at radius 1 is 0.796 bits per heavy atom. The number of rotatable bonds is 8. The van der Waals surface area contributed by atoms with E-state index in [1.165, 1.54) is 0 Å². The highest BCUT2D eigenvalue weighted by atomic mass is 35.5. The summed E-state index contributed by atoms with van der Waals surface area (Å²) in [5.41, 5.74) is 3.71. The highest BCUT2D eigenvalue weighted by Crippen LogP contribution is 2.35. The minimum absolute atomic E-state index is 0.0194. The van der Waals surface area contributed by atoms with Gasteiger partial charge in [0.2, 0.25) is 17.5 Å². The lowest BCUT2D eigenvalue weighted by Crippen LogP contribution is -2.54. The molecule has 3 aromatic rings. The van der Waals surface area contributed by atoms with E-state index in [4.69, 9.17) is 27.6 Å². The van der Waals surface area contributed by atoms with Crippen molar-refractivity contribution in [3.05, 3.63) is 98.9 Å². The van der Waals surface area contributed by atoms with Crippen molar-refractivity contribution >= 4 is 46.8 Å². The number of likely N-dealkylation sites (tertiary alicyclic amines) is 1. The smallest absolute Gasteiger partial charge is 0.262 e. The Bertz CT molecular complexity index is 2020. The Hall–Kier alpha value is -5.25. The fraction of sp³-hybridized carbons (Fsp3) is 0.415. The fourth-order valence-electron chi connectivity index (χ4n) is 8.41. The number of halogens is 1. The second-order valence-electron chi connectivity index (χ2n) is 14.9. The molecule has 0 radical (unpaired) electrons. The summed E-state index contributed by atoms with van der Waals surface area (Å²) in [6.45, 7) is 10.7. The van der Waals surface area contributed by atoms with Crippen molar-refractivity contribution in [1.82, 2.24) is 20.0 Å². The maximum Gasteiger partial charge on any atom is 0.262 e. The molecule has 1 N–H and O–H groups in total. The molecule has 5 amide bonds. The largest absolute Gasteiger partial charge is 0.490 e. The molecule has 1 unspecified atom stereocenters. The van der Waals surface area contributed by atoms with Crippen molar-refractivity contribution < 1.29 is 33.4 Å². The zero-order valence-corrected chi connectivity index (χ0v) is 30.5. The van der Waals surface area contributed by atoms with Gasteiger partial charge in [0.1, 0.15) is 17.5 Å². The summed E-state index contributed by atoms with van der Waals surface area (Å²) in [6, 6.07) is 15.2. The summed E-state index contributed by atoms with van der Waals surface area (Å²) in [6.07, 6.45) is 5.54. The van der Waals surface area contributed by atoms with Gasteiger partial charge in [-0.1, -0.05) is 17.7 Å². The number of hydrogen-bond acceptors (Lipinski definition) is 8. The van der Waals surface area contributed by atoms with Gasteiger partial charge in [0.15, 0.2) is 0 Å². The number of benzene rings is 3. The normalized spacial score (nSPS) is 23.1. The van der Waals surface area contributed by atoms with Gasteiger partial charge < -0.3 is 14.4 Å². The first kappa shape index (κ1) is 35.8. The lowest BCUT2D eigenvalue weighted by atomic mass is 9.94. The molecule has 1 aliphatic carbocycles. The van der Waals surface area contributed by atoms with E-state index < -0.39 is 29.7 Å². The minimum atomic E-state index is -0.972. The average molecular weight is 750 g/mol. The van der Waals surface area contributed by atoms with Gasteiger partial charge >= 0.3 is 0 Å². The van der Waals surface area contributed by atoms with E-state index >= 15 is 0 Å². The summed E-state index contributed by atoms with van der Waals surface area (Å²) < 4.78 is 12.4. The van der Waals surface area contributed by atoms with E-state index in [0.717, 1.165) is 66.8 Å². The predicted molar refractivity (Wildman–Crippen MR) is 197 cm³/mol. The van der Waals surface area contributed by atoms with Gasteiger partial charge in [0, 0.05) is 44.7 Å². The number of fused-ring (bicyclic) bond motifs is 2. The number of amides is 5. The Morgan fingerprint density at radius 2 is 1.39 bits per heavy atom. The first-order valence-corrected chi connectivity index (χ1v) is 19.0. The minimum Gasteiger partial charge on any atom is -0.490 e. The van der Waals surface area contributed by atoms with Crippen molar-refractivity contribution in [3.63, 3.8) is 0 Å². The Kier molecular flexibility index (Phi) is 9.85. The number of carbonyl (C=O) groups is 5. The first-order chi connectivity index (χ1) is 26.1. The molecule has 3 fully saturated rings. The van der Waals surface area contributed by atoms with Crippen LogP contribution in [0.5, 0.6) is 11.5 Å². The Labute approximate surface area is 318 Å². The molecule has 5 aliphatic rings. The number of nitrogens with zero attached hydrogens (tertiary/aromatic N) is 4. The van der Waals surface area contributed by atoms with Crippen LogP contribution >= 0.6 is 11.6 Å². The second-order valence-corrected chi connectivity index (χ2v) is 15.3. The van der Waals surface area contributed by atoms with Crippen LogP contribution in [-0.2, 0) is 22.7 Å². The number of carbonyl (C=O) groups excluding carboxylic acids is 5. The molecule has 13 heteroatoms. The molecule has 4 heterocycles. The number of piperidine rings is 2. The molecule has 278 valence electrons. The summed E-state index contributed by atoms with van der Waals surface area (Å²) in [5.74, 6) is -0.119. The topological polar surface area (TPSA) is 130 Å². The summed E-state index contributed by atoms with van der Waals surface area (Å²) in [5, 5.41) is 2.63. The van der Waals surface area contributed by atoms with Gasteiger partial charge in [-0.3, -0.25) is 39.1 Å². The van der Waals surface area contributed by atoms with Crippen LogP contribution in [-0.4, -0.2) is 82.1 Å². The van der Waals surface area contributed by atoms with Crippen LogP contribution in [0.25, 0.3) is 4.85 Å². The van der Waals surface area contributed by atoms with E-state index in [-0.39, 0.29) is 31.0 Å². The molecule has 0 aromatic heterocycles. The summed E-state index contributed by atoms with van der Waals surface area (Å²) in [4.78, 5) is 72.6. The maximum absolute atomic E-state index is 13.4. The summed E-state index contributed by atoms with van der Waals surface area (Å²) in [7, 11) is 0. The van der Waals surface area contributed by atoms with Crippen molar-refractivity contribution in [2.45, 2.75) is 82.7 Å². The van der Waals surface area contributed by atoms with Crippen LogP contribution in [0, 0.1) is 12.5 Å². The molecule has 12 nitrogen and oxygen atoms in total. The van der Waals surface area contributed by atoms with Gasteiger partial charge in [0.25, 0.3) is 17.7 Å². The van der Waals surface area contributed by atoms with Crippen LogP contribution in [0.15, 0.2) is 54.6 Å². The van der Waals surface area contributed by atoms with Gasteiger partial charge in [-0.25, -0.2) is 4.85 Å². The SMILES string of the molecule is [C-]#[N+]c1ccc(OC2CCC(Oc3ccc(C(=O)N4CCC(CN5Cc6cc7c(cc6C5)C(=O)N(C5CCC(=O)NC5=O)C7=O)CC4)cc3)CC2)cc1Cl. The van der Waals surface area contributed by atoms with Crippen molar-refractivity contribution in [2.24, 2.45) is 5.92 Å². The molecular weight excluding hydrogens is 710 g/mol. The molecule has 1 saturated carbocycles. The fourth-order valence-corrected chi connectivity index (χ4v) is 8.63. The molecule has 54 heavy (non-hydrogen) atoms. The summed E-state index contributed by atoms with van der Waals surface area (Å²) >= 11 is 6.16. The highest BCUT2D eigenvalue weighted by Gasteiger charge is 2.45. The molecule has 3 aromatic carbocycles. The van der Waals surface area contributed by atoms with E-state index in [0.29, 0.717) is 65.2 Å². The van der Waals surface area contributed by atoms with Crippen LogP contribution in [0.3, 0.4) is 0 Å². The van der Waals surface area contributed by atoms with Crippen molar-refractivity contribution in [3.8, 4) is 11.5 Å². The second kappa shape index (κ2) is 14.9. The third kappa shape index (κ3) is 7.18. The van der Waals surface area contributed by atoms with E-state index in [9.17, 15) is 24.0 Å². The predicted octanol–water partition coefficient (Wildman–Crippen LogP) is 5.93. The maximum atomic E-state index is 13.4. The van der Waals surface area contributed by atoms with Gasteiger partial charge in [-0.05, 0) is 111 Å². The van der Waals surface area contributed by atoms with Crippen LogP contribution in [0.2, 0.25) is 5.02 Å². The molecule has 0 spiro atoms. The number of hydrogen-bond donors (Lipinski definition) is 1. The van der Waals surface area contributed by atoms with Gasteiger partial charge in [0.05, 0.1) is 34.9 Å². The first-order valence-electron chi connectivity index (χ1n) is 18.6. The Balaban J connectivity index is 0.779. The molecule has 2 saturated heterocycles. The van der Waals surface area contributed by atoms with Crippen LogP contribution in [0.1, 0.15) is 93.6 Å². The van der Waals surface area contributed by atoms with E-state index in [1.54, 1.807) is 30.3 Å². The highest BCUT2D eigenvalue weighted by molar-refractivity contribution is 6.33. The number of imide groups is 2. The average Bonchev–Trinajstić information content (AvgIpc) is 3.67. The molecule has 4 aliphatic heterocycles. The molecular formula is C41H40ClN5O7. The molecule has 8 rings (SSSR count). The van der Waals surface area contributed by atoms with Crippen LogP contribution < -0.4 is 14.8 Å². The van der Waals surface area contributed by atoms with Gasteiger partial charge in [-0.2, -0.15) is 0 Å². The lowest BCUT2D eigenvalue weighted by molar-refractivity contribution is -0.136. The molecule has 0 bridgehead atoms. The monoisotopic (exact) mass is 749 g/mol. The van der Waals surface area contributed by atoms with Crippen molar-refractivity contribution in [2.75, 3.05) is 19.6 Å².